The quantitative estimate of drug-likeness (QED) is 0.903. The van der Waals surface area contributed by atoms with E-state index in [1.54, 1.807) is 6.07 Å². The highest BCUT2D eigenvalue weighted by Gasteiger charge is 2.24. The second-order valence-electron chi connectivity index (χ2n) is 4.24. The lowest BCUT2D eigenvalue weighted by atomic mass is 10.2. The fraction of sp³-hybridized carbons (Fsp3) is 0.462. The second kappa shape index (κ2) is 6.51. The number of alkyl halides is 2. The van der Waals surface area contributed by atoms with Crippen molar-refractivity contribution < 1.29 is 27.8 Å². The van der Waals surface area contributed by atoms with Crippen molar-refractivity contribution in [3.05, 3.63) is 18.2 Å². The molecule has 5 nitrogen and oxygen atoms in total. The number of carbonyl (C=O) groups excluding carboxylic acids is 1. The Morgan fingerprint density at radius 3 is 2.85 bits per heavy atom. The zero-order valence-electron chi connectivity index (χ0n) is 10.9. The molecule has 1 N–H and O–H groups in total. The van der Waals surface area contributed by atoms with Gasteiger partial charge in [0.1, 0.15) is 6.10 Å². The molecule has 2 rings (SSSR count). The number of methoxy groups -OCH3 is 1. The van der Waals surface area contributed by atoms with E-state index in [4.69, 9.17) is 9.47 Å². The first-order valence-corrected chi connectivity index (χ1v) is 6.15. The molecule has 0 bridgehead atoms. The van der Waals surface area contributed by atoms with Gasteiger partial charge in [0.2, 0.25) is 0 Å². The summed E-state index contributed by atoms with van der Waals surface area (Å²) < 4.78 is 39.1. The number of halogens is 2. The summed E-state index contributed by atoms with van der Waals surface area (Å²) in [7, 11) is 1.35. The molecule has 1 aromatic carbocycles. The van der Waals surface area contributed by atoms with Gasteiger partial charge in [0.05, 0.1) is 7.11 Å². The van der Waals surface area contributed by atoms with Crippen LogP contribution in [0.4, 0.5) is 14.5 Å². The molecule has 7 heteroatoms. The highest BCUT2D eigenvalue weighted by molar-refractivity contribution is 5.94. The normalized spacial score (nSPS) is 18.1. The Bertz CT molecular complexity index is 475. The number of hydrogen-bond acceptors (Lipinski definition) is 4. The Balaban J connectivity index is 2.09. The molecule has 1 atom stereocenters. The van der Waals surface area contributed by atoms with Gasteiger partial charge in [-0.05, 0) is 25.0 Å². The fourth-order valence-corrected chi connectivity index (χ4v) is 1.95. The van der Waals surface area contributed by atoms with Gasteiger partial charge in [0, 0.05) is 18.4 Å². The van der Waals surface area contributed by atoms with Gasteiger partial charge in [-0.25, -0.2) is 0 Å². The summed E-state index contributed by atoms with van der Waals surface area (Å²) >= 11 is 0. The maximum Gasteiger partial charge on any atom is 0.387 e. The minimum absolute atomic E-state index is 0.132. The number of nitrogens with one attached hydrogen (secondary N) is 1. The van der Waals surface area contributed by atoms with Gasteiger partial charge in [-0.2, -0.15) is 8.78 Å². The van der Waals surface area contributed by atoms with Crippen molar-refractivity contribution in [3.63, 3.8) is 0 Å². The first kappa shape index (κ1) is 14.5. The second-order valence-corrected chi connectivity index (χ2v) is 4.24. The molecule has 0 saturated carbocycles. The van der Waals surface area contributed by atoms with Crippen molar-refractivity contribution >= 4 is 11.6 Å². The van der Waals surface area contributed by atoms with Crippen LogP contribution in [0, 0.1) is 0 Å². The molecular formula is C13H15F2NO4. The van der Waals surface area contributed by atoms with Gasteiger partial charge in [0.25, 0.3) is 5.91 Å². The van der Waals surface area contributed by atoms with E-state index in [9.17, 15) is 13.6 Å². The van der Waals surface area contributed by atoms with Crippen molar-refractivity contribution in [2.45, 2.75) is 25.6 Å². The number of anilines is 1. The standard InChI is InChI=1S/C13H15F2NO4/c1-18-9-5-4-8(7-11(9)20-13(14)15)16-12(17)10-3-2-6-19-10/h4-5,7,10,13H,2-3,6H2,1H3,(H,16,17). The summed E-state index contributed by atoms with van der Waals surface area (Å²) in [6.45, 7) is -2.41. The van der Waals surface area contributed by atoms with Crippen LogP contribution in [0.15, 0.2) is 18.2 Å². The van der Waals surface area contributed by atoms with E-state index in [0.29, 0.717) is 18.7 Å². The average molecular weight is 287 g/mol. The van der Waals surface area contributed by atoms with Crippen LogP contribution >= 0.6 is 0 Å². The van der Waals surface area contributed by atoms with E-state index in [0.717, 1.165) is 6.42 Å². The van der Waals surface area contributed by atoms with Crippen LogP contribution < -0.4 is 14.8 Å². The summed E-state index contributed by atoms with van der Waals surface area (Å²) in [6, 6.07) is 4.28. The number of ether oxygens (including phenoxy) is 3. The van der Waals surface area contributed by atoms with Crippen LogP contribution in [-0.2, 0) is 9.53 Å². The SMILES string of the molecule is COc1ccc(NC(=O)C2CCCO2)cc1OC(F)F. The van der Waals surface area contributed by atoms with Gasteiger partial charge in [-0.1, -0.05) is 0 Å². The van der Waals surface area contributed by atoms with E-state index < -0.39 is 12.7 Å². The lowest BCUT2D eigenvalue weighted by Gasteiger charge is -2.14. The summed E-state index contributed by atoms with van der Waals surface area (Å²) in [5, 5.41) is 2.60. The molecule has 0 aromatic heterocycles. The summed E-state index contributed by atoms with van der Waals surface area (Å²) in [5.41, 5.74) is 0.349. The first-order valence-electron chi connectivity index (χ1n) is 6.15. The van der Waals surface area contributed by atoms with Gasteiger partial charge in [0.15, 0.2) is 11.5 Å². The number of rotatable bonds is 5. The molecule has 1 heterocycles. The number of hydrogen-bond donors (Lipinski definition) is 1. The maximum atomic E-state index is 12.3. The predicted octanol–water partition coefficient (Wildman–Crippen LogP) is 2.41. The molecule has 0 radical (unpaired) electrons. The molecule has 1 aliphatic rings. The van der Waals surface area contributed by atoms with E-state index >= 15 is 0 Å². The lowest BCUT2D eigenvalue weighted by Crippen LogP contribution is -2.26. The van der Waals surface area contributed by atoms with E-state index in [1.165, 1.54) is 19.2 Å². The Morgan fingerprint density at radius 1 is 1.45 bits per heavy atom. The van der Waals surface area contributed by atoms with E-state index in [2.05, 4.69) is 10.1 Å². The lowest BCUT2D eigenvalue weighted by molar-refractivity contribution is -0.124. The third kappa shape index (κ3) is 3.57. The maximum absolute atomic E-state index is 12.3. The number of benzene rings is 1. The molecular weight excluding hydrogens is 272 g/mol. The van der Waals surface area contributed by atoms with E-state index in [1.807, 2.05) is 0 Å². The molecule has 1 saturated heterocycles. The minimum Gasteiger partial charge on any atom is -0.493 e. The molecule has 0 aliphatic carbocycles. The molecule has 1 unspecified atom stereocenters. The van der Waals surface area contributed by atoms with Crippen molar-refractivity contribution in [1.29, 1.82) is 0 Å². The van der Waals surface area contributed by atoms with Crippen LogP contribution in [0.3, 0.4) is 0 Å². The minimum atomic E-state index is -2.96. The summed E-state index contributed by atoms with van der Waals surface area (Å²) in [6.07, 6.45) is 1.000. The molecule has 110 valence electrons. The summed E-state index contributed by atoms with van der Waals surface area (Å²) in [5.74, 6) is -0.260. The fourth-order valence-electron chi connectivity index (χ4n) is 1.95. The Labute approximate surface area is 114 Å². The smallest absolute Gasteiger partial charge is 0.387 e. The largest absolute Gasteiger partial charge is 0.493 e. The highest BCUT2D eigenvalue weighted by Crippen LogP contribution is 2.31. The highest BCUT2D eigenvalue weighted by atomic mass is 19.3. The molecule has 20 heavy (non-hydrogen) atoms. The Kier molecular flexibility index (Phi) is 4.73. The average Bonchev–Trinajstić information content (AvgIpc) is 2.92. The monoisotopic (exact) mass is 287 g/mol. The van der Waals surface area contributed by atoms with E-state index in [-0.39, 0.29) is 17.4 Å². The first-order chi connectivity index (χ1) is 9.60. The molecule has 1 fully saturated rings. The van der Waals surface area contributed by atoms with Crippen molar-refractivity contribution in [1.82, 2.24) is 0 Å². The number of amides is 1. The molecule has 1 aliphatic heterocycles. The zero-order chi connectivity index (χ0) is 14.5. The molecule has 1 amide bonds. The van der Waals surface area contributed by atoms with Gasteiger partial charge >= 0.3 is 6.61 Å². The van der Waals surface area contributed by atoms with Crippen LogP contribution in [-0.4, -0.2) is 32.3 Å². The van der Waals surface area contributed by atoms with Crippen LogP contribution in [0.25, 0.3) is 0 Å². The predicted molar refractivity (Wildman–Crippen MR) is 67.2 cm³/mol. The topological polar surface area (TPSA) is 56.8 Å². The van der Waals surface area contributed by atoms with Crippen molar-refractivity contribution in [2.24, 2.45) is 0 Å². The van der Waals surface area contributed by atoms with Crippen molar-refractivity contribution in [2.75, 3.05) is 19.0 Å². The Morgan fingerprint density at radius 2 is 2.25 bits per heavy atom. The van der Waals surface area contributed by atoms with Gasteiger partial charge in [-0.3, -0.25) is 4.79 Å². The zero-order valence-corrected chi connectivity index (χ0v) is 10.9. The number of carbonyl (C=O) groups is 1. The van der Waals surface area contributed by atoms with Crippen LogP contribution in [0.2, 0.25) is 0 Å². The van der Waals surface area contributed by atoms with Crippen LogP contribution in [0.1, 0.15) is 12.8 Å². The van der Waals surface area contributed by atoms with Gasteiger partial charge < -0.3 is 19.5 Å². The van der Waals surface area contributed by atoms with Crippen molar-refractivity contribution in [3.8, 4) is 11.5 Å². The van der Waals surface area contributed by atoms with Crippen LogP contribution in [0.5, 0.6) is 11.5 Å². The third-order valence-electron chi connectivity index (χ3n) is 2.87. The third-order valence-corrected chi connectivity index (χ3v) is 2.87. The van der Waals surface area contributed by atoms with Gasteiger partial charge in [-0.15, -0.1) is 0 Å². The molecule has 0 spiro atoms. The molecule has 1 aromatic rings. The summed E-state index contributed by atoms with van der Waals surface area (Å²) in [4.78, 5) is 11.8. The Hall–Kier alpha value is -1.89.